The molecule has 0 saturated heterocycles. The van der Waals surface area contributed by atoms with E-state index in [0.717, 1.165) is 29.7 Å². The first-order chi connectivity index (χ1) is 14.0. The average Bonchev–Trinajstić information content (AvgIpc) is 2.68. The quantitative estimate of drug-likeness (QED) is 0.304. The fourth-order valence-corrected chi connectivity index (χ4v) is 4.33. The maximum absolute atomic E-state index is 13.1. The Morgan fingerprint density at radius 3 is 2.59 bits per heavy atom. The van der Waals surface area contributed by atoms with E-state index in [1.54, 1.807) is 6.92 Å². The minimum atomic E-state index is -0.531. The zero-order chi connectivity index (χ0) is 21.0. The van der Waals surface area contributed by atoms with Crippen molar-refractivity contribution >= 4 is 23.5 Å². The van der Waals surface area contributed by atoms with Crippen LogP contribution in [0.25, 0.3) is 0 Å². The molecule has 1 aromatic carbocycles. The highest BCUT2D eigenvalue weighted by Gasteiger charge is 2.36. The number of nitrogens with zero attached hydrogens (tertiary/aromatic N) is 1. The number of ether oxygens (including phenoxy) is 1. The normalized spacial score (nSPS) is 15.7. The van der Waals surface area contributed by atoms with Gasteiger partial charge in [-0.2, -0.15) is 0 Å². The highest BCUT2D eigenvalue weighted by molar-refractivity contribution is 7.99. The van der Waals surface area contributed by atoms with Crippen molar-refractivity contribution in [2.45, 2.75) is 51.6 Å². The number of thioether (sulfide) groups is 1. The molecule has 2 aromatic rings. The fourth-order valence-electron chi connectivity index (χ4n) is 3.38. The van der Waals surface area contributed by atoms with Gasteiger partial charge in [0.15, 0.2) is 5.16 Å². The number of rotatable bonds is 7. The predicted molar refractivity (Wildman–Crippen MR) is 116 cm³/mol. The van der Waals surface area contributed by atoms with Crippen LogP contribution in [0.5, 0.6) is 0 Å². The molecule has 0 radical (unpaired) electrons. The maximum atomic E-state index is 13.1. The lowest BCUT2D eigenvalue weighted by Crippen LogP contribution is -2.31. The van der Waals surface area contributed by atoms with Crippen LogP contribution in [0.15, 0.2) is 45.5 Å². The van der Waals surface area contributed by atoms with E-state index in [4.69, 9.17) is 4.74 Å². The molecule has 0 bridgehead atoms. The molecule has 6 nitrogen and oxygen atoms in total. The summed E-state index contributed by atoms with van der Waals surface area (Å²) in [6, 6.07) is 7.85. The molecule has 2 heterocycles. The molecule has 3 rings (SSSR count). The van der Waals surface area contributed by atoms with Gasteiger partial charge in [0.05, 0.1) is 23.7 Å². The van der Waals surface area contributed by atoms with Gasteiger partial charge in [-0.05, 0) is 32.8 Å². The Hall–Kier alpha value is -2.54. The van der Waals surface area contributed by atoms with Crippen LogP contribution in [0.3, 0.4) is 0 Å². The van der Waals surface area contributed by atoms with Crippen LogP contribution in [0.1, 0.15) is 56.2 Å². The molecule has 1 unspecified atom stereocenters. The Labute approximate surface area is 175 Å². The van der Waals surface area contributed by atoms with Gasteiger partial charge in [-0.25, -0.2) is 9.78 Å². The van der Waals surface area contributed by atoms with Crippen molar-refractivity contribution in [3.05, 3.63) is 62.6 Å². The van der Waals surface area contributed by atoms with Crippen LogP contribution < -0.4 is 10.9 Å². The van der Waals surface area contributed by atoms with Gasteiger partial charge in [0, 0.05) is 11.4 Å². The second-order valence-corrected chi connectivity index (χ2v) is 8.15. The number of carbonyl (C=O) groups is 1. The number of H-pyrrole nitrogens is 1. The van der Waals surface area contributed by atoms with E-state index in [1.165, 1.54) is 11.8 Å². The van der Waals surface area contributed by atoms with Crippen molar-refractivity contribution < 1.29 is 9.53 Å². The molecule has 1 aromatic heterocycles. The summed E-state index contributed by atoms with van der Waals surface area (Å²) >= 11 is 1.53. The van der Waals surface area contributed by atoms with E-state index in [-0.39, 0.29) is 12.2 Å². The molecule has 0 spiro atoms. The van der Waals surface area contributed by atoms with Crippen LogP contribution in [-0.4, -0.2) is 28.3 Å². The molecule has 1 aliphatic heterocycles. The minimum Gasteiger partial charge on any atom is -0.463 e. The first-order valence-electron chi connectivity index (χ1n) is 9.94. The number of esters is 1. The van der Waals surface area contributed by atoms with Crippen LogP contribution in [0.2, 0.25) is 0 Å². The van der Waals surface area contributed by atoms with Gasteiger partial charge < -0.3 is 15.0 Å². The number of benzene rings is 1. The van der Waals surface area contributed by atoms with Gasteiger partial charge in [-0.3, -0.25) is 4.79 Å². The summed E-state index contributed by atoms with van der Waals surface area (Å²) in [4.78, 5) is 33.4. The first-order valence-corrected chi connectivity index (χ1v) is 10.9. The molecule has 0 fully saturated rings. The molecular weight excluding hydrogens is 386 g/mol. The van der Waals surface area contributed by atoms with Gasteiger partial charge in [0.1, 0.15) is 5.82 Å². The Bertz CT molecular complexity index is 980. The number of unbranched alkanes of at least 4 members (excludes halogenated alkanes) is 1. The third-order valence-corrected chi connectivity index (χ3v) is 5.82. The number of hydrogen-bond acceptors (Lipinski definition) is 6. The topological polar surface area (TPSA) is 84.1 Å². The number of anilines is 1. The lowest BCUT2D eigenvalue weighted by atomic mass is 9.82. The third-order valence-electron chi connectivity index (χ3n) is 4.86. The molecule has 2 N–H and O–H groups in total. The van der Waals surface area contributed by atoms with E-state index in [0.29, 0.717) is 27.8 Å². The number of fused-ring (bicyclic) bond motifs is 1. The van der Waals surface area contributed by atoms with Crippen LogP contribution in [0, 0.1) is 6.92 Å². The highest BCUT2D eigenvalue weighted by Crippen LogP contribution is 2.40. The van der Waals surface area contributed by atoms with Crippen LogP contribution >= 0.6 is 11.8 Å². The molecule has 154 valence electrons. The van der Waals surface area contributed by atoms with E-state index in [9.17, 15) is 9.59 Å². The molecule has 29 heavy (non-hydrogen) atoms. The number of aryl methyl sites for hydroxylation is 1. The van der Waals surface area contributed by atoms with Crippen LogP contribution in [-0.2, 0) is 9.53 Å². The first kappa shape index (κ1) is 21.2. The standard InChI is InChI=1S/C22H27N3O3S/c1-5-7-12-29-22-24-19-18(20(26)25-22)17(15-10-8-13(3)9-11-15)16(14(4)23-19)21(27)28-6-2/h8-11,17H,5-7,12H2,1-4H3,(H2,23,24,25,26). The summed E-state index contributed by atoms with van der Waals surface area (Å²) in [6.07, 6.45) is 2.14. The minimum absolute atomic E-state index is 0.235. The van der Waals surface area contributed by atoms with Crippen molar-refractivity contribution in [3.63, 3.8) is 0 Å². The summed E-state index contributed by atoms with van der Waals surface area (Å²) in [7, 11) is 0. The van der Waals surface area contributed by atoms with E-state index >= 15 is 0 Å². The maximum Gasteiger partial charge on any atom is 0.336 e. The zero-order valence-corrected chi connectivity index (χ0v) is 18.1. The Kier molecular flexibility index (Phi) is 6.79. The molecule has 1 aliphatic rings. The zero-order valence-electron chi connectivity index (χ0n) is 17.3. The molecule has 0 amide bonds. The molecule has 0 saturated carbocycles. The van der Waals surface area contributed by atoms with Gasteiger partial charge in [-0.15, -0.1) is 0 Å². The molecule has 0 aliphatic carbocycles. The number of hydrogen-bond donors (Lipinski definition) is 2. The Morgan fingerprint density at radius 2 is 1.93 bits per heavy atom. The summed E-state index contributed by atoms with van der Waals surface area (Å²) < 4.78 is 5.30. The van der Waals surface area contributed by atoms with Crippen molar-refractivity contribution in [1.29, 1.82) is 0 Å². The number of nitrogens with one attached hydrogen (secondary N) is 2. The number of allylic oxidation sites excluding steroid dienone is 1. The van der Waals surface area contributed by atoms with Crippen molar-refractivity contribution in [1.82, 2.24) is 9.97 Å². The van der Waals surface area contributed by atoms with E-state index < -0.39 is 11.9 Å². The second kappa shape index (κ2) is 9.31. The molecule has 7 heteroatoms. The van der Waals surface area contributed by atoms with Crippen LogP contribution in [0.4, 0.5) is 5.82 Å². The smallest absolute Gasteiger partial charge is 0.336 e. The highest BCUT2D eigenvalue weighted by atomic mass is 32.2. The van der Waals surface area contributed by atoms with Crippen molar-refractivity contribution in [3.8, 4) is 0 Å². The van der Waals surface area contributed by atoms with Crippen molar-refractivity contribution in [2.75, 3.05) is 17.7 Å². The summed E-state index contributed by atoms with van der Waals surface area (Å²) in [5.41, 5.74) is 3.28. The van der Waals surface area contributed by atoms with E-state index in [2.05, 4.69) is 22.2 Å². The Morgan fingerprint density at radius 1 is 1.21 bits per heavy atom. The fraction of sp³-hybridized carbons (Fsp3) is 0.409. The van der Waals surface area contributed by atoms with Crippen molar-refractivity contribution in [2.24, 2.45) is 0 Å². The van der Waals surface area contributed by atoms with Gasteiger partial charge in [-0.1, -0.05) is 54.9 Å². The largest absolute Gasteiger partial charge is 0.463 e. The summed E-state index contributed by atoms with van der Waals surface area (Å²) in [5, 5.41) is 3.75. The average molecular weight is 414 g/mol. The molecule has 1 atom stereocenters. The number of carbonyl (C=O) groups excluding carboxylic acids is 1. The number of aromatic nitrogens is 2. The van der Waals surface area contributed by atoms with Gasteiger partial charge in [0.25, 0.3) is 5.56 Å². The summed E-state index contributed by atoms with van der Waals surface area (Å²) in [6.45, 7) is 7.99. The number of aromatic amines is 1. The Balaban J connectivity index is 2.12. The monoisotopic (exact) mass is 413 g/mol. The lowest BCUT2D eigenvalue weighted by Gasteiger charge is -2.28. The third kappa shape index (κ3) is 4.56. The van der Waals surface area contributed by atoms with Gasteiger partial charge in [0.2, 0.25) is 0 Å². The lowest BCUT2D eigenvalue weighted by molar-refractivity contribution is -0.138. The molecular formula is C22H27N3O3S. The SMILES string of the molecule is CCCCSc1nc2c(c(=O)[nH]1)C(c1ccc(C)cc1)C(C(=O)OCC)=C(C)N2. The van der Waals surface area contributed by atoms with E-state index in [1.807, 2.05) is 38.1 Å². The van der Waals surface area contributed by atoms with Gasteiger partial charge >= 0.3 is 5.97 Å². The predicted octanol–water partition coefficient (Wildman–Crippen LogP) is 4.37. The second-order valence-electron chi connectivity index (χ2n) is 7.06. The summed E-state index contributed by atoms with van der Waals surface area (Å²) in [5.74, 6) is 0.443.